The van der Waals surface area contributed by atoms with E-state index >= 15 is 0 Å². The molecular formula is C9H20N2. The zero-order chi connectivity index (χ0) is 8.85. The van der Waals surface area contributed by atoms with Gasteiger partial charge >= 0.3 is 0 Å². The zero-order valence-electron chi connectivity index (χ0n) is 8.39. The maximum Gasteiger partial charge on any atom is 0.0985 e. The molecule has 0 heterocycles. The number of rotatable bonds is 3. The van der Waals surface area contributed by atoms with Gasteiger partial charge in [0.25, 0.3) is 0 Å². The molecule has 0 bridgehead atoms. The van der Waals surface area contributed by atoms with E-state index in [0.717, 1.165) is 13.0 Å². The van der Waals surface area contributed by atoms with Crippen molar-refractivity contribution >= 4 is 5.84 Å². The van der Waals surface area contributed by atoms with Crippen LogP contribution in [-0.2, 0) is 0 Å². The van der Waals surface area contributed by atoms with E-state index in [4.69, 9.17) is 0 Å². The molecule has 2 nitrogen and oxygen atoms in total. The summed E-state index contributed by atoms with van der Waals surface area (Å²) in [4.78, 5) is 6.44. The Kier molecular flexibility index (Phi) is 4.92. The third-order valence-electron chi connectivity index (χ3n) is 1.76. The van der Waals surface area contributed by atoms with Crippen molar-refractivity contribution in [3.05, 3.63) is 0 Å². The maximum absolute atomic E-state index is 4.24. The zero-order valence-corrected chi connectivity index (χ0v) is 8.39. The van der Waals surface area contributed by atoms with Crippen molar-refractivity contribution in [2.24, 2.45) is 10.9 Å². The summed E-state index contributed by atoms with van der Waals surface area (Å²) in [6.45, 7) is 7.62. The van der Waals surface area contributed by atoms with Crippen LogP contribution >= 0.6 is 0 Å². The molecule has 0 fully saturated rings. The van der Waals surface area contributed by atoms with Crippen molar-refractivity contribution in [1.29, 1.82) is 0 Å². The Morgan fingerprint density at radius 3 is 2.27 bits per heavy atom. The fourth-order valence-electron chi connectivity index (χ4n) is 0.965. The molecule has 0 aliphatic carbocycles. The standard InChI is InChI=1S/C9H20N2/c1-6-11(5)9(10-4)7-8(2)3/h8H,6-7H2,1-5H3. The second kappa shape index (κ2) is 5.16. The van der Waals surface area contributed by atoms with Crippen LogP contribution in [0.25, 0.3) is 0 Å². The van der Waals surface area contributed by atoms with Crippen LogP contribution in [0.2, 0.25) is 0 Å². The fraction of sp³-hybridized carbons (Fsp3) is 0.889. The Bertz CT molecular complexity index is 128. The molecule has 0 aliphatic rings. The number of nitrogens with zero attached hydrogens (tertiary/aromatic N) is 2. The SMILES string of the molecule is CCN(C)C(CC(C)C)=NC. The number of amidine groups is 1. The Hall–Kier alpha value is -0.530. The summed E-state index contributed by atoms with van der Waals surface area (Å²) in [5, 5.41) is 0. The third kappa shape index (κ3) is 4.02. The number of hydrogen-bond donors (Lipinski definition) is 0. The molecule has 66 valence electrons. The van der Waals surface area contributed by atoms with E-state index in [-0.39, 0.29) is 0 Å². The molecule has 0 unspecified atom stereocenters. The summed E-state index contributed by atoms with van der Waals surface area (Å²) in [5.41, 5.74) is 0. The van der Waals surface area contributed by atoms with Gasteiger partial charge in [0, 0.05) is 27.1 Å². The average Bonchev–Trinajstić information content (AvgIpc) is 1.98. The molecule has 0 rings (SSSR count). The van der Waals surface area contributed by atoms with Crippen LogP contribution in [0.4, 0.5) is 0 Å². The van der Waals surface area contributed by atoms with Crippen LogP contribution in [0.15, 0.2) is 4.99 Å². The minimum absolute atomic E-state index is 0.697. The molecule has 0 aromatic rings. The fourth-order valence-corrected chi connectivity index (χ4v) is 0.965. The molecule has 0 N–H and O–H groups in total. The predicted octanol–water partition coefficient (Wildman–Crippen LogP) is 2.01. The van der Waals surface area contributed by atoms with E-state index < -0.39 is 0 Å². The van der Waals surface area contributed by atoms with Crippen molar-refractivity contribution in [2.75, 3.05) is 20.6 Å². The molecule has 0 radical (unpaired) electrons. The third-order valence-corrected chi connectivity index (χ3v) is 1.76. The van der Waals surface area contributed by atoms with Gasteiger partial charge in [0.1, 0.15) is 0 Å². The Balaban J connectivity index is 3.97. The smallest absolute Gasteiger partial charge is 0.0985 e. The quantitative estimate of drug-likeness (QED) is 0.451. The molecule has 0 aromatic carbocycles. The highest BCUT2D eigenvalue weighted by Gasteiger charge is 2.04. The predicted molar refractivity (Wildman–Crippen MR) is 51.1 cm³/mol. The van der Waals surface area contributed by atoms with Gasteiger partial charge in [-0.05, 0) is 12.8 Å². The van der Waals surface area contributed by atoms with E-state index in [2.05, 4.69) is 37.7 Å². The van der Waals surface area contributed by atoms with Crippen molar-refractivity contribution in [1.82, 2.24) is 4.90 Å². The van der Waals surface area contributed by atoms with Gasteiger partial charge in [-0.1, -0.05) is 13.8 Å². The first-order valence-corrected chi connectivity index (χ1v) is 4.28. The van der Waals surface area contributed by atoms with E-state index in [0.29, 0.717) is 5.92 Å². The van der Waals surface area contributed by atoms with Crippen molar-refractivity contribution in [3.63, 3.8) is 0 Å². The van der Waals surface area contributed by atoms with Crippen LogP contribution in [0.5, 0.6) is 0 Å². The lowest BCUT2D eigenvalue weighted by atomic mass is 10.1. The lowest BCUT2D eigenvalue weighted by molar-refractivity contribution is 0.502. The number of hydrogen-bond acceptors (Lipinski definition) is 1. The van der Waals surface area contributed by atoms with Gasteiger partial charge in [-0.3, -0.25) is 4.99 Å². The molecule has 11 heavy (non-hydrogen) atoms. The molecule has 0 spiro atoms. The average molecular weight is 156 g/mol. The molecular weight excluding hydrogens is 136 g/mol. The molecule has 2 heteroatoms. The van der Waals surface area contributed by atoms with Crippen LogP contribution in [0.3, 0.4) is 0 Å². The molecule has 0 saturated heterocycles. The first kappa shape index (κ1) is 10.5. The van der Waals surface area contributed by atoms with E-state index in [1.807, 2.05) is 7.05 Å². The maximum atomic E-state index is 4.24. The Morgan fingerprint density at radius 1 is 1.45 bits per heavy atom. The van der Waals surface area contributed by atoms with Crippen LogP contribution in [-0.4, -0.2) is 31.4 Å². The largest absolute Gasteiger partial charge is 0.364 e. The second-order valence-electron chi connectivity index (χ2n) is 3.25. The normalized spacial score (nSPS) is 12.4. The van der Waals surface area contributed by atoms with Crippen LogP contribution in [0.1, 0.15) is 27.2 Å². The highest BCUT2D eigenvalue weighted by molar-refractivity contribution is 5.82. The van der Waals surface area contributed by atoms with E-state index in [1.54, 1.807) is 0 Å². The monoisotopic (exact) mass is 156 g/mol. The van der Waals surface area contributed by atoms with Gasteiger partial charge in [-0.25, -0.2) is 0 Å². The molecule has 0 saturated carbocycles. The van der Waals surface area contributed by atoms with Crippen LogP contribution in [0, 0.1) is 5.92 Å². The first-order chi connectivity index (χ1) is 5.11. The van der Waals surface area contributed by atoms with Gasteiger partial charge in [0.05, 0.1) is 5.84 Å². The Morgan fingerprint density at radius 2 is 2.00 bits per heavy atom. The minimum atomic E-state index is 0.697. The van der Waals surface area contributed by atoms with Gasteiger partial charge < -0.3 is 4.90 Å². The highest BCUT2D eigenvalue weighted by atomic mass is 15.1. The highest BCUT2D eigenvalue weighted by Crippen LogP contribution is 2.03. The van der Waals surface area contributed by atoms with Gasteiger partial charge in [0.15, 0.2) is 0 Å². The first-order valence-electron chi connectivity index (χ1n) is 4.28. The van der Waals surface area contributed by atoms with Crippen molar-refractivity contribution in [2.45, 2.75) is 27.2 Å². The van der Waals surface area contributed by atoms with E-state index in [9.17, 15) is 0 Å². The molecule has 0 amide bonds. The Labute approximate surface area is 70.3 Å². The van der Waals surface area contributed by atoms with Gasteiger partial charge in [-0.2, -0.15) is 0 Å². The van der Waals surface area contributed by atoms with E-state index in [1.165, 1.54) is 5.84 Å². The lowest BCUT2D eigenvalue weighted by Gasteiger charge is -2.20. The number of aliphatic imine (C=N–C) groups is 1. The summed E-state index contributed by atoms with van der Waals surface area (Å²) in [6, 6.07) is 0. The van der Waals surface area contributed by atoms with Crippen LogP contribution < -0.4 is 0 Å². The summed E-state index contributed by atoms with van der Waals surface area (Å²) in [7, 11) is 3.95. The molecule has 0 atom stereocenters. The summed E-state index contributed by atoms with van der Waals surface area (Å²) >= 11 is 0. The molecule has 0 aromatic heterocycles. The second-order valence-corrected chi connectivity index (χ2v) is 3.25. The van der Waals surface area contributed by atoms with Crippen molar-refractivity contribution < 1.29 is 0 Å². The minimum Gasteiger partial charge on any atom is -0.364 e. The molecule has 0 aliphatic heterocycles. The summed E-state index contributed by atoms with van der Waals surface area (Å²) in [5.74, 6) is 1.91. The topological polar surface area (TPSA) is 15.6 Å². The van der Waals surface area contributed by atoms with Gasteiger partial charge in [-0.15, -0.1) is 0 Å². The van der Waals surface area contributed by atoms with Gasteiger partial charge in [0.2, 0.25) is 0 Å². The van der Waals surface area contributed by atoms with Crippen molar-refractivity contribution in [3.8, 4) is 0 Å². The summed E-state index contributed by atoms with van der Waals surface area (Å²) < 4.78 is 0. The summed E-state index contributed by atoms with van der Waals surface area (Å²) in [6.07, 6.45) is 1.08. The lowest BCUT2D eigenvalue weighted by Crippen LogP contribution is -2.27.